The first-order valence-electron chi connectivity index (χ1n) is 5.81. The largest absolute Gasteiger partial charge is 0.496 e. The minimum absolute atomic E-state index is 0.199. The lowest BCUT2D eigenvalue weighted by Gasteiger charge is -2.22. The summed E-state index contributed by atoms with van der Waals surface area (Å²) in [5.41, 5.74) is 0.391. The van der Waals surface area contributed by atoms with Crippen LogP contribution >= 0.6 is 23.2 Å². The first kappa shape index (κ1) is 15.9. The molecule has 0 aliphatic rings. The molecule has 0 bridgehead atoms. The summed E-state index contributed by atoms with van der Waals surface area (Å²) in [4.78, 5) is 14.1. The maximum Gasteiger partial charge on any atom is 0.261 e. The third kappa shape index (κ3) is 3.91. The summed E-state index contributed by atoms with van der Waals surface area (Å²) >= 11 is 11.4. The molecule has 1 aromatic carbocycles. The summed E-state index contributed by atoms with van der Waals surface area (Å²) in [6.07, 6.45) is 0. The van der Waals surface area contributed by atoms with Crippen LogP contribution in [0.15, 0.2) is 18.2 Å². The van der Waals surface area contributed by atoms with Crippen LogP contribution in [0, 0.1) is 0 Å². The molecule has 0 spiro atoms. The predicted molar refractivity (Wildman–Crippen MR) is 76.9 cm³/mol. The van der Waals surface area contributed by atoms with Crippen molar-refractivity contribution >= 4 is 29.1 Å². The maximum atomic E-state index is 12.5. The Morgan fingerprint density at radius 2 is 1.58 bits per heavy atom. The van der Waals surface area contributed by atoms with E-state index in [1.165, 1.54) is 14.2 Å². The van der Waals surface area contributed by atoms with E-state index in [9.17, 15) is 4.79 Å². The number of alkyl halides is 2. The highest BCUT2D eigenvalue weighted by Gasteiger charge is 2.23. The van der Waals surface area contributed by atoms with Crippen LogP contribution in [0.3, 0.4) is 0 Å². The number of rotatable bonds is 7. The molecule has 106 valence electrons. The number of ether oxygens (including phenoxy) is 2. The maximum absolute atomic E-state index is 12.5. The van der Waals surface area contributed by atoms with Gasteiger partial charge in [0, 0.05) is 24.8 Å². The summed E-state index contributed by atoms with van der Waals surface area (Å²) in [7, 11) is 3.03. The van der Waals surface area contributed by atoms with Gasteiger partial charge in [0.15, 0.2) is 0 Å². The van der Waals surface area contributed by atoms with Crippen molar-refractivity contribution in [2.24, 2.45) is 0 Å². The molecule has 19 heavy (non-hydrogen) atoms. The molecule has 0 aliphatic heterocycles. The fourth-order valence-corrected chi connectivity index (χ4v) is 2.15. The average molecular weight is 306 g/mol. The van der Waals surface area contributed by atoms with E-state index in [1.54, 1.807) is 23.1 Å². The highest BCUT2D eigenvalue weighted by molar-refractivity contribution is 6.18. The lowest BCUT2D eigenvalue weighted by Crippen LogP contribution is -2.34. The number of nitrogens with zero attached hydrogens (tertiary/aromatic N) is 1. The molecule has 0 radical (unpaired) electrons. The fraction of sp³-hybridized carbons (Fsp3) is 0.462. The molecule has 1 rings (SSSR count). The van der Waals surface area contributed by atoms with E-state index in [-0.39, 0.29) is 5.91 Å². The summed E-state index contributed by atoms with van der Waals surface area (Å²) in [5.74, 6) is 1.44. The van der Waals surface area contributed by atoms with Crippen LogP contribution in [-0.2, 0) is 0 Å². The van der Waals surface area contributed by atoms with E-state index in [0.29, 0.717) is 41.9 Å². The molecule has 0 aliphatic carbocycles. The molecule has 0 N–H and O–H groups in total. The summed E-state index contributed by atoms with van der Waals surface area (Å²) in [5, 5.41) is 0. The zero-order valence-corrected chi connectivity index (χ0v) is 12.5. The summed E-state index contributed by atoms with van der Waals surface area (Å²) in [6, 6.07) is 5.20. The van der Waals surface area contributed by atoms with Crippen LogP contribution < -0.4 is 9.47 Å². The van der Waals surface area contributed by atoms with Crippen molar-refractivity contribution in [1.82, 2.24) is 4.90 Å². The topological polar surface area (TPSA) is 38.8 Å². The lowest BCUT2D eigenvalue weighted by molar-refractivity contribution is 0.0768. The molecule has 4 nitrogen and oxygen atoms in total. The molecule has 6 heteroatoms. The molecule has 0 heterocycles. The van der Waals surface area contributed by atoms with Gasteiger partial charge in [-0.3, -0.25) is 4.79 Å². The van der Waals surface area contributed by atoms with Crippen LogP contribution in [-0.4, -0.2) is 49.9 Å². The second kappa shape index (κ2) is 8.12. The Labute approximate surface area is 123 Å². The number of amides is 1. The van der Waals surface area contributed by atoms with Crippen LogP contribution in [0.4, 0.5) is 0 Å². The van der Waals surface area contributed by atoms with Gasteiger partial charge in [0.2, 0.25) is 0 Å². The first-order chi connectivity index (χ1) is 9.19. The molecule has 1 amide bonds. The minimum Gasteiger partial charge on any atom is -0.496 e. The Bertz CT molecular complexity index is 398. The van der Waals surface area contributed by atoms with Crippen molar-refractivity contribution in [1.29, 1.82) is 0 Å². The third-order valence-corrected chi connectivity index (χ3v) is 2.98. The number of halogens is 2. The zero-order valence-electron chi connectivity index (χ0n) is 11.0. The number of carbonyl (C=O) groups is 1. The number of carbonyl (C=O) groups excluding carboxylic acids is 1. The molecule has 0 unspecified atom stereocenters. The Balaban J connectivity index is 3.14. The lowest BCUT2D eigenvalue weighted by atomic mass is 10.1. The van der Waals surface area contributed by atoms with Gasteiger partial charge >= 0.3 is 0 Å². The Hall–Kier alpha value is -1.13. The van der Waals surface area contributed by atoms with Crippen LogP contribution in [0.5, 0.6) is 11.5 Å². The van der Waals surface area contributed by atoms with E-state index >= 15 is 0 Å². The van der Waals surface area contributed by atoms with Gasteiger partial charge in [-0.15, -0.1) is 23.2 Å². The molecule has 0 aromatic heterocycles. The normalized spacial score (nSPS) is 10.1. The quantitative estimate of drug-likeness (QED) is 0.727. The van der Waals surface area contributed by atoms with E-state index < -0.39 is 0 Å². The van der Waals surface area contributed by atoms with Crippen molar-refractivity contribution in [3.63, 3.8) is 0 Å². The molecular formula is C13H17Cl2NO3. The number of hydrogen-bond donors (Lipinski definition) is 0. The second-order valence-corrected chi connectivity index (χ2v) is 4.46. The van der Waals surface area contributed by atoms with Gasteiger partial charge in [-0.2, -0.15) is 0 Å². The smallest absolute Gasteiger partial charge is 0.261 e. The number of methoxy groups -OCH3 is 2. The number of hydrogen-bond acceptors (Lipinski definition) is 3. The van der Waals surface area contributed by atoms with Crippen LogP contribution in [0.1, 0.15) is 10.4 Å². The van der Waals surface area contributed by atoms with Gasteiger partial charge in [-0.25, -0.2) is 0 Å². The molecule has 0 fully saturated rings. The van der Waals surface area contributed by atoms with Gasteiger partial charge in [-0.1, -0.05) is 6.07 Å². The number of benzene rings is 1. The van der Waals surface area contributed by atoms with Crippen molar-refractivity contribution in [2.45, 2.75) is 0 Å². The van der Waals surface area contributed by atoms with E-state index in [1.807, 2.05) is 0 Å². The summed E-state index contributed by atoms with van der Waals surface area (Å²) < 4.78 is 10.4. The third-order valence-electron chi connectivity index (χ3n) is 2.64. The SMILES string of the molecule is COc1cccc(OC)c1C(=O)N(CCCl)CCCl. The van der Waals surface area contributed by atoms with E-state index in [0.717, 1.165) is 0 Å². The predicted octanol–water partition coefficient (Wildman–Crippen LogP) is 2.62. The molecule has 1 aromatic rings. The van der Waals surface area contributed by atoms with Gasteiger partial charge in [0.25, 0.3) is 5.91 Å². The Kier molecular flexibility index (Phi) is 6.81. The first-order valence-corrected chi connectivity index (χ1v) is 6.88. The molecule has 0 saturated heterocycles. The van der Waals surface area contributed by atoms with Crippen LogP contribution in [0.25, 0.3) is 0 Å². The van der Waals surface area contributed by atoms with Crippen molar-refractivity contribution in [3.8, 4) is 11.5 Å². The second-order valence-electron chi connectivity index (χ2n) is 3.71. The highest BCUT2D eigenvalue weighted by Crippen LogP contribution is 2.29. The van der Waals surface area contributed by atoms with Crippen molar-refractivity contribution < 1.29 is 14.3 Å². The van der Waals surface area contributed by atoms with Crippen LogP contribution in [0.2, 0.25) is 0 Å². The van der Waals surface area contributed by atoms with Crippen molar-refractivity contribution in [3.05, 3.63) is 23.8 Å². The molecule has 0 atom stereocenters. The molecule has 0 saturated carbocycles. The van der Waals surface area contributed by atoms with Gasteiger partial charge < -0.3 is 14.4 Å². The minimum atomic E-state index is -0.199. The fourth-order valence-electron chi connectivity index (χ4n) is 1.74. The van der Waals surface area contributed by atoms with Crippen molar-refractivity contribution in [2.75, 3.05) is 39.1 Å². The van der Waals surface area contributed by atoms with Gasteiger partial charge in [0.05, 0.1) is 14.2 Å². The standard InChI is InChI=1S/C13H17Cl2NO3/c1-18-10-4-3-5-11(19-2)12(10)13(17)16(8-6-14)9-7-15/h3-5H,6-9H2,1-2H3. The average Bonchev–Trinajstić information content (AvgIpc) is 2.45. The monoisotopic (exact) mass is 305 g/mol. The van der Waals surface area contributed by atoms with Gasteiger partial charge in [-0.05, 0) is 12.1 Å². The van der Waals surface area contributed by atoms with E-state index in [4.69, 9.17) is 32.7 Å². The summed E-state index contributed by atoms with van der Waals surface area (Å²) in [6.45, 7) is 0.850. The van der Waals surface area contributed by atoms with E-state index in [2.05, 4.69) is 0 Å². The van der Waals surface area contributed by atoms with Gasteiger partial charge in [0.1, 0.15) is 17.1 Å². The Morgan fingerprint density at radius 1 is 1.11 bits per heavy atom. The Morgan fingerprint density at radius 3 is 1.95 bits per heavy atom. The zero-order chi connectivity index (χ0) is 14.3. The highest BCUT2D eigenvalue weighted by atomic mass is 35.5. The molecular weight excluding hydrogens is 289 g/mol.